The summed E-state index contributed by atoms with van der Waals surface area (Å²) in [6, 6.07) is 5.66. The molecule has 0 saturated carbocycles. The van der Waals surface area contributed by atoms with E-state index >= 15 is 0 Å². The Hall–Kier alpha value is -1.48. The van der Waals surface area contributed by atoms with Crippen molar-refractivity contribution in [1.82, 2.24) is 14.1 Å². The summed E-state index contributed by atoms with van der Waals surface area (Å²) in [4.78, 5) is 16.6. The number of rotatable bonds is 6. The van der Waals surface area contributed by atoms with Crippen LogP contribution in [0.1, 0.15) is 21.5 Å². The Balaban J connectivity index is 1.59. The summed E-state index contributed by atoms with van der Waals surface area (Å²) >= 11 is 0. The average Bonchev–Trinajstić information content (AvgIpc) is 2.55. The Morgan fingerprint density at radius 1 is 1.15 bits per heavy atom. The van der Waals surface area contributed by atoms with Crippen LogP contribution in [0.15, 0.2) is 18.2 Å². The molecule has 2 fully saturated rings. The molecule has 0 N–H and O–H groups in total. The molecule has 1 amide bonds. The number of carbonyl (C=O) groups excluding carboxylic acids is 1. The Labute approximate surface area is 161 Å². The van der Waals surface area contributed by atoms with Gasteiger partial charge in [-0.15, -0.1) is 0 Å². The predicted molar refractivity (Wildman–Crippen MR) is 104 cm³/mol. The van der Waals surface area contributed by atoms with Crippen molar-refractivity contribution < 1.29 is 17.9 Å². The van der Waals surface area contributed by atoms with Gasteiger partial charge in [-0.05, 0) is 26.0 Å². The van der Waals surface area contributed by atoms with E-state index in [9.17, 15) is 13.2 Å². The Morgan fingerprint density at radius 3 is 2.30 bits per heavy atom. The second-order valence-electron chi connectivity index (χ2n) is 7.57. The monoisotopic (exact) mass is 395 g/mol. The molecule has 7 nitrogen and oxygen atoms in total. The van der Waals surface area contributed by atoms with Crippen LogP contribution in [0.2, 0.25) is 0 Å². The highest BCUT2D eigenvalue weighted by atomic mass is 32.2. The maximum absolute atomic E-state index is 12.7. The highest BCUT2D eigenvalue weighted by molar-refractivity contribution is 7.88. The predicted octanol–water partition coefficient (Wildman–Crippen LogP) is 0.722. The van der Waals surface area contributed by atoms with Crippen molar-refractivity contribution in [3.05, 3.63) is 34.9 Å². The number of carbonyl (C=O) groups is 1. The van der Waals surface area contributed by atoms with Crippen molar-refractivity contribution in [2.45, 2.75) is 19.9 Å². The first-order valence-electron chi connectivity index (χ1n) is 9.38. The molecule has 1 aromatic carbocycles. The van der Waals surface area contributed by atoms with E-state index in [2.05, 4.69) is 4.90 Å². The van der Waals surface area contributed by atoms with Crippen molar-refractivity contribution in [3.63, 3.8) is 0 Å². The van der Waals surface area contributed by atoms with Crippen LogP contribution in [-0.4, -0.2) is 93.2 Å². The summed E-state index contributed by atoms with van der Waals surface area (Å²) < 4.78 is 31.4. The van der Waals surface area contributed by atoms with Crippen molar-refractivity contribution >= 4 is 15.9 Å². The maximum atomic E-state index is 12.7. The van der Waals surface area contributed by atoms with E-state index in [0.29, 0.717) is 45.0 Å². The van der Waals surface area contributed by atoms with E-state index in [0.717, 1.165) is 24.2 Å². The fourth-order valence-electron chi connectivity index (χ4n) is 3.77. The number of aryl methyl sites for hydroxylation is 2. The second-order valence-corrected chi connectivity index (χ2v) is 9.50. The van der Waals surface area contributed by atoms with Crippen LogP contribution >= 0.6 is 0 Å². The first-order valence-corrected chi connectivity index (χ1v) is 11.2. The molecule has 2 saturated heterocycles. The van der Waals surface area contributed by atoms with Crippen LogP contribution in [0, 0.1) is 13.8 Å². The number of hydrogen-bond acceptors (Lipinski definition) is 5. The molecule has 0 unspecified atom stereocenters. The molecule has 2 aliphatic rings. The van der Waals surface area contributed by atoms with E-state index in [1.807, 2.05) is 32.0 Å². The van der Waals surface area contributed by atoms with Gasteiger partial charge in [-0.3, -0.25) is 9.69 Å². The Bertz CT molecular complexity index is 764. The van der Waals surface area contributed by atoms with Crippen molar-refractivity contribution in [2.24, 2.45) is 0 Å². The van der Waals surface area contributed by atoms with Crippen LogP contribution in [0.3, 0.4) is 0 Å². The fraction of sp³-hybridized carbons (Fsp3) is 0.632. The Morgan fingerprint density at radius 2 is 1.74 bits per heavy atom. The number of nitrogens with zero attached hydrogens (tertiary/aromatic N) is 3. The van der Waals surface area contributed by atoms with E-state index in [1.165, 1.54) is 6.26 Å². The minimum Gasteiger partial charge on any atom is -0.379 e. The standard InChI is InChI=1S/C19H29N3O4S/c1-15-10-16(2)12-17(11-15)19(23)21-13-18(14-21)22(27(3,24)25)5-4-20-6-8-26-9-7-20/h10-12,18H,4-9,13-14H2,1-3H3. The highest BCUT2D eigenvalue weighted by Crippen LogP contribution is 2.21. The third-order valence-electron chi connectivity index (χ3n) is 5.19. The van der Waals surface area contributed by atoms with E-state index in [4.69, 9.17) is 4.74 Å². The first-order chi connectivity index (χ1) is 12.7. The van der Waals surface area contributed by atoms with E-state index < -0.39 is 10.0 Å². The molecule has 1 aromatic rings. The lowest BCUT2D eigenvalue weighted by molar-refractivity contribution is 0.0269. The number of amides is 1. The lowest BCUT2D eigenvalue weighted by Crippen LogP contribution is -2.63. The van der Waals surface area contributed by atoms with Crippen LogP contribution in [0.5, 0.6) is 0 Å². The number of sulfonamides is 1. The molecule has 0 aromatic heterocycles. The van der Waals surface area contributed by atoms with Gasteiger partial charge in [-0.25, -0.2) is 8.42 Å². The second kappa shape index (κ2) is 8.26. The fourth-order valence-corrected chi connectivity index (χ4v) is 4.86. The van der Waals surface area contributed by atoms with Gasteiger partial charge >= 0.3 is 0 Å². The van der Waals surface area contributed by atoms with Gasteiger partial charge in [-0.2, -0.15) is 4.31 Å². The molecular weight excluding hydrogens is 366 g/mol. The zero-order chi connectivity index (χ0) is 19.6. The molecule has 0 radical (unpaired) electrons. The third kappa shape index (κ3) is 5.07. The molecule has 2 heterocycles. The number of ether oxygens (including phenoxy) is 1. The quantitative estimate of drug-likeness (QED) is 0.710. The zero-order valence-electron chi connectivity index (χ0n) is 16.3. The molecule has 2 aliphatic heterocycles. The number of morpholine rings is 1. The van der Waals surface area contributed by atoms with Gasteiger partial charge in [0, 0.05) is 44.8 Å². The zero-order valence-corrected chi connectivity index (χ0v) is 17.2. The number of hydrogen-bond donors (Lipinski definition) is 0. The SMILES string of the molecule is Cc1cc(C)cc(C(=O)N2CC(N(CCN3CCOCC3)S(C)(=O)=O)C2)c1. The summed E-state index contributed by atoms with van der Waals surface area (Å²) in [6.07, 6.45) is 1.25. The van der Waals surface area contributed by atoms with Gasteiger partial charge in [0.2, 0.25) is 10.0 Å². The van der Waals surface area contributed by atoms with Gasteiger partial charge in [0.25, 0.3) is 5.91 Å². The van der Waals surface area contributed by atoms with Gasteiger partial charge in [0.1, 0.15) is 0 Å². The average molecular weight is 396 g/mol. The van der Waals surface area contributed by atoms with Crippen LogP contribution in [-0.2, 0) is 14.8 Å². The Kier molecular flexibility index (Phi) is 6.20. The van der Waals surface area contributed by atoms with Gasteiger partial charge in [0.15, 0.2) is 0 Å². The van der Waals surface area contributed by atoms with Crippen LogP contribution in [0.25, 0.3) is 0 Å². The molecule has 0 aliphatic carbocycles. The minimum absolute atomic E-state index is 0.0281. The summed E-state index contributed by atoms with van der Waals surface area (Å²) in [5.74, 6) is -0.0281. The highest BCUT2D eigenvalue weighted by Gasteiger charge is 2.39. The summed E-state index contributed by atoms with van der Waals surface area (Å²) in [5.41, 5.74) is 2.78. The van der Waals surface area contributed by atoms with Gasteiger partial charge in [0.05, 0.1) is 25.5 Å². The lowest BCUT2D eigenvalue weighted by atomic mass is 10.0. The van der Waals surface area contributed by atoms with Gasteiger partial charge in [-0.1, -0.05) is 17.2 Å². The number of benzene rings is 1. The first kappa shape index (κ1) is 20.3. The molecule has 0 atom stereocenters. The molecule has 3 rings (SSSR count). The van der Waals surface area contributed by atoms with Crippen molar-refractivity contribution in [1.29, 1.82) is 0 Å². The topological polar surface area (TPSA) is 70.2 Å². The normalized spacial score (nSPS) is 19.3. The summed E-state index contributed by atoms with van der Waals surface area (Å²) in [7, 11) is -3.32. The van der Waals surface area contributed by atoms with Crippen LogP contribution < -0.4 is 0 Å². The van der Waals surface area contributed by atoms with Crippen molar-refractivity contribution in [2.75, 3.05) is 58.7 Å². The molecule has 0 spiro atoms. The molecule has 0 bridgehead atoms. The molecule has 150 valence electrons. The lowest BCUT2D eigenvalue weighted by Gasteiger charge is -2.44. The maximum Gasteiger partial charge on any atom is 0.253 e. The van der Waals surface area contributed by atoms with E-state index in [-0.39, 0.29) is 11.9 Å². The molecule has 27 heavy (non-hydrogen) atoms. The largest absolute Gasteiger partial charge is 0.379 e. The summed E-state index contributed by atoms with van der Waals surface area (Å²) in [6.45, 7) is 9.04. The third-order valence-corrected chi connectivity index (χ3v) is 6.52. The van der Waals surface area contributed by atoms with Crippen molar-refractivity contribution in [3.8, 4) is 0 Å². The number of likely N-dealkylation sites (tertiary alicyclic amines) is 1. The van der Waals surface area contributed by atoms with E-state index in [1.54, 1.807) is 9.21 Å². The summed E-state index contributed by atoms with van der Waals surface area (Å²) in [5, 5.41) is 0. The smallest absolute Gasteiger partial charge is 0.253 e. The molecule has 8 heteroatoms. The van der Waals surface area contributed by atoms with Crippen LogP contribution in [0.4, 0.5) is 0 Å². The van der Waals surface area contributed by atoms with Gasteiger partial charge < -0.3 is 9.64 Å². The minimum atomic E-state index is -3.32. The molecular formula is C19H29N3O4S.